The van der Waals surface area contributed by atoms with Crippen molar-refractivity contribution in [3.8, 4) is 6.07 Å². The van der Waals surface area contributed by atoms with Gasteiger partial charge in [-0.25, -0.2) is 8.42 Å². The molecule has 0 bridgehead atoms. The number of aryl methyl sites for hydroxylation is 1. The van der Waals surface area contributed by atoms with Crippen LogP contribution in [0.15, 0.2) is 47.4 Å². The Bertz CT molecular complexity index is 1170. The highest BCUT2D eigenvalue weighted by molar-refractivity contribution is 7.89. The van der Waals surface area contributed by atoms with E-state index in [1.807, 2.05) is 6.07 Å². The van der Waals surface area contributed by atoms with Gasteiger partial charge in [-0.3, -0.25) is 4.79 Å². The molecule has 29 heavy (non-hydrogen) atoms. The predicted octanol–water partition coefficient (Wildman–Crippen LogP) is 3.73. The van der Waals surface area contributed by atoms with Gasteiger partial charge in [-0.1, -0.05) is 24.3 Å². The molecule has 5 nitrogen and oxygen atoms in total. The molecule has 0 amide bonds. The zero-order valence-electron chi connectivity index (χ0n) is 15.2. The van der Waals surface area contributed by atoms with Crippen LogP contribution in [0, 0.1) is 18.3 Å². The molecule has 0 unspecified atom stereocenters. The van der Waals surface area contributed by atoms with E-state index in [2.05, 4.69) is 0 Å². The van der Waals surface area contributed by atoms with Crippen LogP contribution in [0.3, 0.4) is 0 Å². The minimum atomic E-state index is -5.00. The van der Waals surface area contributed by atoms with Crippen LogP contribution in [0.2, 0.25) is 0 Å². The lowest BCUT2D eigenvalue weighted by atomic mass is 9.77. The zero-order chi connectivity index (χ0) is 21.2. The van der Waals surface area contributed by atoms with E-state index in [9.17, 15) is 26.4 Å². The largest absolute Gasteiger partial charge is 0.412 e. The Kier molecular flexibility index (Phi) is 4.16. The zero-order valence-corrected chi connectivity index (χ0v) is 16.0. The number of piperidine rings is 1. The number of nitrogens with zero attached hydrogens (tertiary/aromatic N) is 2. The fourth-order valence-electron chi connectivity index (χ4n) is 4.29. The molecule has 0 saturated carbocycles. The quantitative estimate of drug-likeness (QED) is 0.704. The number of carbonyl (C=O) groups is 1. The van der Waals surface area contributed by atoms with Gasteiger partial charge in [0, 0.05) is 18.4 Å². The number of Topliss-reactive ketones (excluding diaryl/α,β-unsaturated/α-hetero) is 1. The molecule has 0 radical (unpaired) electrons. The Morgan fingerprint density at radius 2 is 1.83 bits per heavy atom. The van der Waals surface area contributed by atoms with Gasteiger partial charge in [-0.2, -0.15) is 22.7 Å². The highest BCUT2D eigenvalue weighted by atomic mass is 32.2. The minimum absolute atomic E-state index is 0.235. The third kappa shape index (κ3) is 2.63. The Morgan fingerprint density at radius 3 is 2.41 bits per heavy atom. The first-order chi connectivity index (χ1) is 13.5. The van der Waals surface area contributed by atoms with Crippen LogP contribution in [-0.2, 0) is 20.4 Å². The molecule has 2 aliphatic heterocycles. The van der Waals surface area contributed by atoms with Gasteiger partial charge in [-0.15, -0.1) is 0 Å². The van der Waals surface area contributed by atoms with Gasteiger partial charge in [0.05, 0.1) is 22.6 Å². The first kappa shape index (κ1) is 19.6. The second-order valence-electron chi connectivity index (χ2n) is 7.33. The van der Waals surface area contributed by atoms with E-state index in [4.69, 9.17) is 5.26 Å². The number of hydrogen-bond donors (Lipinski definition) is 0. The van der Waals surface area contributed by atoms with Crippen molar-refractivity contribution in [3.05, 3.63) is 64.7 Å². The first-order valence-electron chi connectivity index (χ1n) is 8.76. The summed E-state index contributed by atoms with van der Waals surface area (Å²) in [6.45, 7) is 1.59. The lowest BCUT2D eigenvalue weighted by molar-refractivity contribution is -0.233. The van der Waals surface area contributed by atoms with Crippen molar-refractivity contribution in [1.82, 2.24) is 4.31 Å². The SMILES string of the molecule is Cc1ccc2c(c1)S(=O)(=O)N1[C@@H](c3ccc(C#N)cc3)CC(=O)C[C@]21C(F)(F)F. The number of nitriles is 1. The summed E-state index contributed by atoms with van der Waals surface area (Å²) in [5.74, 6) is -0.670. The number of alkyl halides is 3. The fourth-order valence-corrected chi connectivity index (χ4v) is 6.56. The second kappa shape index (κ2) is 6.15. The molecule has 9 heteroatoms. The summed E-state index contributed by atoms with van der Waals surface area (Å²) in [5, 5.41) is 8.95. The Labute approximate surface area is 165 Å². The number of rotatable bonds is 1. The molecule has 4 rings (SSSR count). The van der Waals surface area contributed by atoms with Gasteiger partial charge in [0.15, 0.2) is 5.54 Å². The van der Waals surface area contributed by atoms with E-state index in [0.29, 0.717) is 9.87 Å². The fraction of sp³-hybridized carbons (Fsp3) is 0.300. The smallest absolute Gasteiger partial charge is 0.300 e. The molecule has 2 heterocycles. The third-order valence-electron chi connectivity index (χ3n) is 5.55. The standard InChI is InChI=1S/C20H15F3N2O3S/c1-12-2-7-16-18(8-12)29(27,28)25-17(14-5-3-13(11-24)4-6-14)9-15(26)10-19(16,25)20(21,22)23/h2-8,17H,9-10H2,1H3/t17-,19-/m1/s1. The van der Waals surface area contributed by atoms with Crippen LogP contribution >= 0.6 is 0 Å². The van der Waals surface area contributed by atoms with Crippen LogP contribution in [0.25, 0.3) is 0 Å². The molecule has 1 saturated heterocycles. The molecule has 0 aliphatic carbocycles. The molecule has 2 aliphatic rings. The van der Waals surface area contributed by atoms with Crippen molar-refractivity contribution in [2.45, 2.75) is 42.4 Å². The van der Waals surface area contributed by atoms with Gasteiger partial charge in [0.25, 0.3) is 0 Å². The topological polar surface area (TPSA) is 78.2 Å². The number of ketones is 1. The van der Waals surface area contributed by atoms with Crippen LogP contribution in [0.1, 0.15) is 41.1 Å². The van der Waals surface area contributed by atoms with E-state index in [0.717, 1.165) is 6.07 Å². The lowest BCUT2D eigenvalue weighted by Gasteiger charge is -2.45. The van der Waals surface area contributed by atoms with E-state index in [1.165, 1.54) is 36.4 Å². The van der Waals surface area contributed by atoms with Crippen LogP contribution < -0.4 is 0 Å². The van der Waals surface area contributed by atoms with E-state index in [1.54, 1.807) is 6.92 Å². The van der Waals surface area contributed by atoms with Crippen molar-refractivity contribution in [2.75, 3.05) is 0 Å². The summed E-state index contributed by atoms with van der Waals surface area (Å²) in [6.07, 6.45) is -6.32. The van der Waals surface area contributed by atoms with Crippen molar-refractivity contribution in [1.29, 1.82) is 5.26 Å². The number of hydrogen-bond acceptors (Lipinski definition) is 4. The Morgan fingerprint density at radius 1 is 1.17 bits per heavy atom. The maximum atomic E-state index is 14.5. The van der Waals surface area contributed by atoms with Crippen molar-refractivity contribution in [2.24, 2.45) is 0 Å². The summed E-state index contributed by atoms with van der Waals surface area (Å²) in [6, 6.07) is 9.96. The molecular weight excluding hydrogens is 405 g/mol. The molecular formula is C20H15F3N2O3S. The van der Waals surface area contributed by atoms with Crippen LogP contribution in [0.5, 0.6) is 0 Å². The third-order valence-corrected chi connectivity index (χ3v) is 7.52. The summed E-state index contributed by atoms with van der Waals surface area (Å²) >= 11 is 0. The Hall–Kier alpha value is -2.70. The molecule has 1 fully saturated rings. The minimum Gasteiger partial charge on any atom is -0.300 e. The van der Waals surface area contributed by atoms with Gasteiger partial charge in [0.1, 0.15) is 5.78 Å². The predicted molar refractivity (Wildman–Crippen MR) is 96.1 cm³/mol. The van der Waals surface area contributed by atoms with Crippen molar-refractivity contribution < 1.29 is 26.4 Å². The summed E-state index contributed by atoms with van der Waals surface area (Å²) in [7, 11) is -4.51. The average Bonchev–Trinajstić information content (AvgIpc) is 2.85. The molecule has 0 N–H and O–H groups in total. The van der Waals surface area contributed by atoms with Crippen LogP contribution in [0.4, 0.5) is 13.2 Å². The number of fused-ring (bicyclic) bond motifs is 3. The number of sulfonamides is 1. The summed E-state index contributed by atoms with van der Waals surface area (Å²) in [5.41, 5.74) is -2.34. The van der Waals surface area contributed by atoms with Gasteiger partial charge < -0.3 is 0 Å². The van der Waals surface area contributed by atoms with E-state index >= 15 is 0 Å². The molecule has 2 aromatic carbocycles. The first-order valence-corrected chi connectivity index (χ1v) is 10.2. The van der Waals surface area contributed by atoms with E-state index in [-0.39, 0.29) is 17.5 Å². The van der Waals surface area contributed by atoms with Crippen LogP contribution in [-0.4, -0.2) is 24.7 Å². The normalized spacial score (nSPS) is 25.9. The number of benzene rings is 2. The highest BCUT2D eigenvalue weighted by Gasteiger charge is 2.71. The average molecular weight is 420 g/mol. The maximum absolute atomic E-state index is 14.5. The van der Waals surface area contributed by atoms with Gasteiger partial charge in [0.2, 0.25) is 10.0 Å². The van der Waals surface area contributed by atoms with Gasteiger partial charge >= 0.3 is 6.18 Å². The Balaban J connectivity index is 2.02. The second-order valence-corrected chi connectivity index (χ2v) is 9.11. The maximum Gasteiger partial charge on any atom is 0.412 e. The molecule has 0 spiro atoms. The highest BCUT2D eigenvalue weighted by Crippen LogP contribution is 2.60. The van der Waals surface area contributed by atoms with Gasteiger partial charge in [-0.05, 0) is 36.2 Å². The molecule has 150 valence electrons. The summed E-state index contributed by atoms with van der Waals surface area (Å²) in [4.78, 5) is 12.1. The monoisotopic (exact) mass is 420 g/mol. The lowest BCUT2D eigenvalue weighted by Crippen LogP contribution is -2.59. The van der Waals surface area contributed by atoms with Crippen molar-refractivity contribution in [3.63, 3.8) is 0 Å². The molecule has 2 atom stereocenters. The van der Waals surface area contributed by atoms with Crippen molar-refractivity contribution >= 4 is 15.8 Å². The summed E-state index contributed by atoms with van der Waals surface area (Å²) < 4.78 is 70.5. The molecule has 2 aromatic rings. The van der Waals surface area contributed by atoms with E-state index < -0.39 is 50.4 Å². The number of halogens is 3. The number of carbonyl (C=O) groups excluding carboxylic acids is 1. The molecule has 0 aromatic heterocycles.